The Labute approximate surface area is 93.2 Å². The van der Waals surface area contributed by atoms with Crippen LogP contribution in [0.3, 0.4) is 0 Å². The van der Waals surface area contributed by atoms with Gasteiger partial charge in [-0.2, -0.15) is 4.68 Å². The molecule has 1 aromatic heterocycles. The van der Waals surface area contributed by atoms with E-state index in [4.69, 9.17) is 4.74 Å². The third-order valence-electron chi connectivity index (χ3n) is 1.70. The van der Waals surface area contributed by atoms with Gasteiger partial charge in [0.05, 0.1) is 0 Å². The van der Waals surface area contributed by atoms with Crippen LogP contribution in [0.25, 0.3) is 0 Å². The van der Waals surface area contributed by atoms with E-state index in [0.29, 0.717) is 0 Å². The van der Waals surface area contributed by atoms with Gasteiger partial charge >= 0.3 is 12.1 Å². The summed E-state index contributed by atoms with van der Waals surface area (Å²) < 4.78 is 5.97. The van der Waals surface area contributed by atoms with Gasteiger partial charge in [0.1, 0.15) is 0 Å². The summed E-state index contributed by atoms with van der Waals surface area (Å²) in [5, 5.41) is 3.81. The lowest BCUT2D eigenvalue weighted by Gasteiger charge is -2.09. The predicted octanol–water partition coefficient (Wildman–Crippen LogP) is 0.473. The highest BCUT2D eigenvalue weighted by Crippen LogP contribution is 2.07. The zero-order valence-electron chi connectivity index (χ0n) is 9.67. The summed E-state index contributed by atoms with van der Waals surface area (Å²) in [6.07, 6.45) is 0.892. The van der Waals surface area contributed by atoms with Crippen LogP contribution in [0, 0.1) is 0 Å². The van der Waals surface area contributed by atoms with Crippen LogP contribution in [0.1, 0.15) is 0 Å². The number of amides is 2. The quantitative estimate of drug-likeness (QED) is 0.698. The molecule has 0 aliphatic rings. The molecule has 0 bridgehead atoms. The molecule has 0 atom stereocenters. The summed E-state index contributed by atoms with van der Waals surface area (Å²) >= 11 is 0. The van der Waals surface area contributed by atoms with Gasteiger partial charge in [-0.25, -0.2) is 9.59 Å². The Morgan fingerprint density at radius 2 is 1.88 bits per heavy atom. The second-order valence-corrected chi connectivity index (χ2v) is 3.54. The standard InChI is InChI=1S/C9H14N4O3/c1-11(2)8(14)13-6-5-7(10-13)16-9(15)12(3)4/h5-6H,1-4H3. The van der Waals surface area contributed by atoms with Crippen molar-refractivity contribution in [2.75, 3.05) is 28.2 Å². The molecular formula is C9H14N4O3. The molecule has 0 spiro atoms. The minimum atomic E-state index is -0.539. The highest BCUT2D eigenvalue weighted by molar-refractivity contribution is 5.75. The van der Waals surface area contributed by atoms with Crippen molar-refractivity contribution in [2.45, 2.75) is 0 Å². The van der Waals surface area contributed by atoms with Gasteiger partial charge in [-0.3, -0.25) is 0 Å². The van der Waals surface area contributed by atoms with Crippen LogP contribution in [-0.2, 0) is 0 Å². The Kier molecular flexibility index (Phi) is 3.49. The van der Waals surface area contributed by atoms with Crippen molar-refractivity contribution in [2.24, 2.45) is 0 Å². The molecule has 0 radical (unpaired) electrons. The number of carbonyl (C=O) groups excluding carboxylic acids is 2. The van der Waals surface area contributed by atoms with E-state index in [1.807, 2.05) is 0 Å². The molecule has 7 nitrogen and oxygen atoms in total. The maximum Gasteiger partial charge on any atom is 0.416 e. The Hall–Kier alpha value is -2.05. The molecule has 0 aromatic carbocycles. The number of aromatic nitrogens is 2. The Balaban J connectivity index is 2.72. The van der Waals surface area contributed by atoms with Gasteiger partial charge in [0.2, 0.25) is 5.88 Å². The summed E-state index contributed by atoms with van der Waals surface area (Å²) in [7, 11) is 6.33. The van der Waals surface area contributed by atoms with E-state index in [0.717, 1.165) is 4.68 Å². The molecular weight excluding hydrogens is 212 g/mol. The molecule has 1 aromatic rings. The van der Waals surface area contributed by atoms with Crippen molar-refractivity contribution in [3.05, 3.63) is 12.3 Å². The second kappa shape index (κ2) is 4.65. The maximum atomic E-state index is 11.5. The van der Waals surface area contributed by atoms with Crippen molar-refractivity contribution >= 4 is 12.1 Å². The average Bonchev–Trinajstić information content (AvgIpc) is 2.64. The summed E-state index contributed by atoms with van der Waals surface area (Å²) in [4.78, 5) is 25.3. The molecule has 0 saturated carbocycles. The number of hydrogen-bond acceptors (Lipinski definition) is 4. The minimum absolute atomic E-state index is 0.0916. The normalized spacial score (nSPS) is 9.75. The van der Waals surface area contributed by atoms with Crippen molar-refractivity contribution in [3.8, 4) is 5.88 Å². The molecule has 2 amide bonds. The Bertz CT molecular complexity index is 397. The average molecular weight is 226 g/mol. The monoisotopic (exact) mass is 226 g/mol. The van der Waals surface area contributed by atoms with Crippen LogP contribution in [0.5, 0.6) is 5.88 Å². The minimum Gasteiger partial charge on any atom is -0.389 e. The SMILES string of the molecule is CN(C)C(=O)Oc1ccn(C(=O)N(C)C)n1. The van der Waals surface area contributed by atoms with E-state index in [-0.39, 0.29) is 11.9 Å². The number of nitrogens with zero attached hydrogens (tertiary/aromatic N) is 4. The van der Waals surface area contributed by atoms with E-state index in [9.17, 15) is 9.59 Å². The lowest BCUT2D eigenvalue weighted by molar-refractivity contribution is 0.169. The van der Waals surface area contributed by atoms with E-state index in [1.54, 1.807) is 28.2 Å². The molecule has 0 N–H and O–H groups in total. The van der Waals surface area contributed by atoms with Gasteiger partial charge < -0.3 is 14.5 Å². The van der Waals surface area contributed by atoms with E-state index < -0.39 is 6.09 Å². The van der Waals surface area contributed by atoms with Gasteiger partial charge in [0.15, 0.2) is 0 Å². The fraction of sp³-hybridized carbons (Fsp3) is 0.444. The lowest BCUT2D eigenvalue weighted by Crippen LogP contribution is -2.28. The topological polar surface area (TPSA) is 67.7 Å². The molecule has 0 fully saturated rings. The highest BCUT2D eigenvalue weighted by Gasteiger charge is 2.12. The van der Waals surface area contributed by atoms with Crippen molar-refractivity contribution in [1.29, 1.82) is 0 Å². The van der Waals surface area contributed by atoms with Crippen molar-refractivity contribution in [1.82, 2.24) is 19.6 Å². The summed E-state index contributed by atoms with van der Waals surface area (Å²) in [5.41, 5.74) is 0. The van der Waals surface area contributed by atoms with Crippen LogP contribution in [0.2, 0.25) is 0 Å². The van der Waals surface area contributed by atoms with E-state index >= 15 is 0 Å². The van der Waals surface area contributed by atoms with Crippen molar-refractivity contribution in [3.63, 3.8) is 0 Å². The molecule has 0 unspecified atom stereocenters. The fourth-order valence-corrected chi connectivity index (χ4v) is 0.854. The van der Waals surface area contributed by atoms with Crippen LogP contribution in [-0.4, -0.2) is 59.9 Å². The highest BCUT2D eigenvalue weighted by atomic mass is 16.6. The molecule has 1 heterocycles. The first-order chi connectivity index (χ1) is 7.41. The van der Waals surface area contributed by atoms with Crippen molar-refractivity contribution < 1.29 is 14.3 Å². The summed E-state index contributed by atoms with van der Waals surface area (Å²) in [6, 6.07) is 1.13. The molecule has 88 valence electrons. The first-order valence-corrected chi connectivity index (χ1v) is 4.58. The Morgan fingerprint density at radius 1 is 1.25 bits per heavy atom. The van der Waals surface area contributed by atoms with Gasteiger partial charge in [-0.15, -0.1) is 5.10 Å². The fourth-order valence-electron chi connectivity index (χ4n) is 0.854. The third kappa shape index (κ3) is 2.72. The molecule has 7 heteroatoms. The molecule has 0 aliphatic carbocycles. The molecule has 0 saturated heterocycles. The van der Waals surface area contributed by atoms with Gasteiger partial charge in [-0.05, 0) is 0 Å². The smallest absolute Gasteiger partial charge is 0.389 e. The van der Waals surface area contributed by atoms with Gasteiger partial charge in [-0.1, -0.05) is 0 Å². The number of carbonyl (C=O) groups is 2. The zero-order valence-corrected chi connectivity index (χ0v) is 9.67. The first-order valence-electron chi connectivity index (χ1n) is 4.58. The second-order valence-electron chi connectivity index (χ2n) is 3.54. The lowest BCUT2D eigenvalue weighted by atomic mass is 10.7. The van der Waals surface area contributed by atoms with Gasteiger partial charge in [0, 0.05) is 40.5 Å². The predicted molar refractivity (Wildman–Crippen MR) is 56.4 cm³/mol. The first kappa shape index (κ1) is 12.0. The van der Waals surface area contributed by atoms with E-state index in [2.05, 4.69) is 5.10 Å². The number of hydrogen-bond donors (Lipinski definition) is 0. The molecule has 0 aliphatic heterocycles. The van der Waals surface area contributed by atoms with Crippen LogP contribution >= 0.6 is 0 Å². The van der Waals surface area contributed by atoms with Crippen LogP contribution < -0.4 is 4.74 Å². The molecule has 1 rings (SSSR count). The number of ether oxygens (including phenoxy) is 1. The van der Waals surface area contributed by atoms with Gasteiger partial charge in [0.25, 0.3) is 0 Å². The van der Waals surface area contributed by atoms with E-state index in [1.165, 1.54) is 22.1 Å². The third-order valence-corrected chi connectivity index (χ3v) is 1.70. The molecule has 16 heavy (non-hydrogen) atoms. The zero-order chi connectivity index (χ0) is 12.3. The largest absolute Gasteiger partial charge is 0.416 e. The number of rotatable bonds is 1. The maximum absolute atomic E-state index is 11.5. The Morgan fingerprint density at radius 3 is 2.38 bits per heavy atom. The summed E-state index contributed by atoms with van der Waals surface area (Å²) in [5.74, 6) is 0.0916. The summed E-state index contributed by atoms with van der Waals surface area (Å²) in [6.45, 7) is 0. The van der Waals surface area contributed by atoms with Crippen LogP contribution in [0.4, 0.5) is 9.59 Å². The van der Waals surface area contributed by atoms with Crippen LogP contribution in [0.15, 0.2) is 12.3 Å².